The Bertz CT molecular complexity index is 542. The Morgan fingerprint density at radius 3 is 2.88 bits per heavy atom. The molecule has 0 aliphatic heterocycles. The summed E-state index contributed by atoms with van der Waals surface area (Å²) in [5, 5.41) is 3.73. The van der Waals surface area contributed by atoms with Crippen LogP contribution in [0.15, 0.2) is 28.9 Å². The molecule has 0 saturated heterocycles. The second-order valence-electron chi connectivity index (χ2n) is 3.54. The van der Waals surface area contributed by atoms with Gasteiger partial charge in [0.1, 0.15) is 16.8 Å². The van der Waals surface area contributed by atoms with Crippen LogP contribution in [0.4, 0.5) is 10.1 Å². The zero-order valence-corrected chi connectivity index (χ0v) is 11.4. The van der Waals surface area contributed by atoms with Crippen LogP contribution in [0.25, 0.3) is 0 Å². The molecule has 1 aromatic carbocycles. The zero-order chi connectivity index (χ0) is 12.4. The molecule has 0 aliphatic rings. The van der Waals surface area contributed by atoms with Crippen molar-refractivity contribution >= 4 is 33.2 Å². The van der Waals surface area contributed by atoms with Gasteiger partial charge in [-0.1, -0.05) is 11.6 Å². The van der Waals surface area contributed by atoms with Gasteiger partial charge in [-0.3, -0.25) is 0 Å². The van der Waals surface area contributed by atoms with Crippen LogP contribution in [0.5, 0.6) is 0 Å². The van der Waals surface area contributed by atoms with Crippen LogP contribution < -0.4 is 5.32 Å². The van der Waals surface area contributed by atoms with E-state index in [2.05, 4.69) is 26.2 Å². The number of nitrogens with one attached hydrogen (secondary N) is 1. The number of benzene rings is 1. The summed E-state index contributed by atoms with van der Waals surface area (Å²) in [5.74, 6) is 0.533. The maximum atomic E-state index is 13.0. The van der Waals surface area contributed by atoms with Gasteiger partial charge < -0.3 is 9.88 Å². The molecule has 0 amide bonds. The Kier molecular flexibility index (Phi) is 3.69. The summed E-state index contributed by atoms with van der Waals surface area (Å²) in [6, 6.07) is 4.75. The normalized spacial score (nSPS) is 10.6. The molecular weight excluding hydrogens is 308 g/mol. The summed E-state index contributed by atoms with van der Waals surface area (Å²) in [5.41, 5.74) is 0.817. The van der Waals surface area contributed by atoms with Crippen molar-refractivity contribution in [2.24, 2.45) is 7.05 Å². The number of halogens is 3. The predicted octanol–water partition coefficient (Wildman–Crippen LogP) is 3.59. The first-order valence-corrected chi connectivity index (χ1v) is 6.10. The average Bonchev–Trinajstić information content (AvgIpc) is 2.62. The van der Waals surface area contributed by atoms with E-state index in [-0.39, 0.29) is 5.82 Å². The first kappa shape index (κ1) is 12.4. The quantitative estimate of drug-likeness (QED) is 0.937. The van der Waals surface area contributed by atoms with Crippen LogP contribution >= 0.6 is 27.5 Å². The van der Waals surface area contributed by atoms with Crippen molar-refractivity contribution in [1.29, 1.82) is 0 Å². The molecule has 0 saturated carbocycles. The number of aromatic nitrogens is 2. The third-order valence-electron chi connectivity index (χ3n) is 2.40. The highest BCUT2D eigenvalue weighted by molar-refractivity contribution is 9.10. The Morgan fingerprint density at radius 1 is 1.53 bits per heavy atom. The Morgan fingerprint density at radius 2 is 2.29 bits per heavy atom. The van der Waals surface area contributed by atoms with E-state index in [1.165, 1.54) is 6.07 Å². The predicted molar refractivity (Wildman–Crippen MR) is 69.6 cm³/mol. The van der Waals surface area contributed by atoms with Crippen molar-refractivity contribution in [1.82, 2.24) is 9.55 Å². The minimum absolute atomic E-state index is 0.282. The molecule has 17 heavy (non-hydrogen) atoms. The highest BCUT2D eigenvalue weighted by atomic mass is 79.9. The minimum Gasteiger partial charge on any atom is -0.378 e. The van der Waals surface area contributed by atoms with E-state index in [0.717, 1.165) is 11.5 Å². The van der Waals surface area contributed by atoms with Gasteiger partial charge in [0.05, 0.1) is 17.2 Å². The molecule has 2 aromatic rings. The summed E-state index contributed by atoms with van der Waals surface area (Å²) < 4.78 is 15.2. The van der Waals surface area contributed by atoms with E-state index in [0.29, 0.717) is 16.2 Å². The van der Waals surface area contributed by atoms with Crippen LogP contribution in [-0.2, 0) is 13.6 Å². The molecule has 1 aromatic heterocycles. The second-order valence-corrected chi connectivity index (χ2v) is 4.78. The third-order valence-corrected chi connectivity index (χ3v) is 3.36. The van der Waals surface area contributed by atoms with Gasteiger partial charge in [0.2, 0.25) is 0 Å². The maximum Gasteiger partial charge on any atom is 0.137 e. The lowest BCUT2D eigenvalue weighted by atomic mass is 10.3. The van der Waals surface area contributed by atoms with Gasteiger partial charge in [-0.15, -0.1) is 0 Å². The molecule has 0 aliphatic carbocycles. The Labute approximate surface area is 112 Å². The van der Waals surface area contributed by atoms with Crippen molar-refractivity contribution in [2.45, 2.75) is 6.54 Å². The fraction of sp³-hybridized carbons (Fsp3) is 0.182. The van der Waals surface area contributed by atoms with Crippen LogP contribution in [0.3, 0.4) is 0 Å². The summed E-state index contributed by atoms with van der Waals surface area (Å²) in [6.45, 7) is 0.529. The summed E-state index contributed by atoms with van der Waals surface area (Å²) in [4.78, 5) is 4.15. The average molecular weight is 319 g/mol. The standard InChI is InChI=1S/C11H10BrClFN3/c1-17-10(13)5-16-11(17)6-15-7-2-3-9(14)8(12)4-7/h2-5,15H,6H2,1H3. The molecular formula is C11H10BrClFN3. The molecule has 2 rings (SSSR count). The number of imidazole rings is 1. The van der Waals surface area contributed by atoms with Crippen LogP contribution in [0.2, 0.25) is 5.15 Å². The molecule has 90 valence electrons. The van der Waals surface area contributed by atoms with E-state index in [9.17, 15) is 4.39 Å². The van der Waals surface area contributed by atoms with E-state index in [4.69, 9.17) is 11.6 Å². The highest BCUT2D eigenvalue weighted by Crippen LogP contribution is 2.20. The fourth-order valence-corrected chi connectivity index (χ4v) is 1.90. The van der Waals surface area contributed by atoms with Crippen molar-refractivity contribution in [2.75, 3.05) is 5.32 Å². The van der Waals surface area contributed by atoms with Gasteiger partial charge in [0.25, 0.3) is 0 Å². The molecule has 0 unspecified atom stereocenters. The van der Waals surface area contributed by atoms with Crippen molar-refractivity contribution in [3.63, 3.8) is 0 Å². The summed E-state index contributed by atoms with van der Waals surface area (Å²) in [6.07, 6.45) is 1.60. The highest BCUT2D eigenvalue weighted by Gasteiger charge is 2.05. The molecule has 6 heteroatoms. The van der Waals surface area contributed by atoms with Crippen LogP contribution in [0, 0.1) is 5.82 Å². The van der Waals surface area contributed by atoms with Crippen LogP contribution in [-0.4, -0.2) is 9.55 Å². The molecule has 3 nitrogen and oxygen atoms in total. The number of nitrogens with zero attached hydrogens (tertiary/aromatic N) is 2. The largest absolute Gasteiger partial charge is 0.378 e. The topological polar surface area (TPSA) is 29.9 Å². The Hall–Kier alpha value is -1.07. The zero-order valence-electron chi connectivity index (χ0n) is 9.04. The van der Waals surface area contributed by atoms with Gasteiger partial charge in [0, 0.05) is 12.7 Å². The first-order valence-electron chi connectivity index (χ1n) is 4.93. The summed E-state index contributed by atoms with van der Waals surface area (Å²) in [7, 11) is 1.84. The fourth-order valence-electron chi connectivity index (χ4n) is 1.38. The molecule has 0 radical (unpaired) electrons. The molecule has 0 atom stereocenters. The molecule has 1 heterocycles. The number of rotatable bonds is 3. The molecule has 1 N–H and O–H groups in total. The van der Waals surface area contributed by atoms with E-state index >= 15 is 0 Å². The third kappa shape index (κ3) is 2.79. The van der Waals surface area contributed by atoms with Gasteiger partial charge in [-0.2, -0.15) is 0 Å². The van der Waals surface area contributed by atoms with Gasteiger partial charge in [-0.05, 0) is 34.1 Å². The molecule has 0 fully saturated rings. The maximum absolute atomic E-state index is 13.0. The van der Waals surface area contributed by atoms with Crippen molar-refractivity contribution < 1.29 is 4.39 Å². The second kappa shape index (κ2) is 5.06. The summed E-state index contributed by atoms with van der Waals surface area (Å²) >= 11 is 9.01. The van der Waals surface area contributed by atoms with Gasteiger partial charge >= 0.3 is 0 Å². The first-order chi connectivity index (χ1) is 8.08. The SMILES string of the molecule is Cn1c(Cl)cnc1CNc1ccc(F)c(Br)c1. The van der Waals surface area contributed by atoms with Crippen molar-refractivity contribution in [3.05, 3.63) is 45.7 Å². The smallest absolute Gasteiger partial charge is 0.137 e. The Balaban J connectivity index is 2.07. The monoisotopic (exact) mass is 317 g/mol. The molecule has 0 bridgehead atoms. The number of hydrogen-bond acceptors (Lipinski definition) is 2. The van der Waals surface area contributed by atoms with E-state index < -0.39 is 0 Å². The van der Waals surface area contributed by atoms with Crippen LogP contribution in [0.1, 0.15) is 5.82 Å². The molecule has 0 spiro atoms. The lowest BCUT2D eigenvalue weighted by Crippen LogP contribution is -2.06. The van der Waals surface area contributed by atoms with E-state index in [1.807, 2.05) is 7.05 Å². The minimum atomic E-state index is -0.282. The lowest BCUT2D eigenvalue weighted by molar-refractivity contribution is 0.621. The van der Waals surface area contributed by atoms with Gasteiger partial charge in [0.15, 0.2) is 0 Å². The lowest BCUT2D eigenvalue weighted by Gasteiger charge is -2.07. The number of anilines is 1. The van der Waals surface area contributed by atoms with Gasteiger partial charge in [-0.25, -0.2) is 9.37 Å². The number of hydrogen-bond donors (Lipinski definition) is 1. The van der Waals surface area contributed by atoms with Crippen molar-refractivity contribution in [3.8, 4) is 0 Å². The van der Waals surface area contributed by atoms with E-state index in [1.54, 1.807) is 22.9 Å².